The number of aromatic nitrogens is 2. The molecule has 4 aromatic carbocycles. The first-order chi connectivity index (χ1) is 21.4. The lowest BCUT2D eigenvalue weighted by Crippen LogP contribution is -2.62. The molecule has 0 aliphatic carbocycles. The maximum Gasteiger partial charge on any atom is 0.179 e. The molecule has 4 heteroatoms. The molecule has 0 N–H and O–H groups in total. The van der Waals surface area contributed by atoms with Crippen LogP contribution in [0.2, 0.25) is 0 Å². The van der Waals surface area contributed by atoms with E-state index >= 15 is 0 Å². The van der Waals surface area contributed by atoms with Crippen molar-refractivity contribution in [2.24, 2.45) is 5.41 Å². The normalized spacial score (nSPS) is 19.8. The molecule has 222 valence electrons. The molecule has 0 bridgehead atoms. The van der Waals surface area contributed by atoms with Crippen LogP contribution in [0.25, 0.3) is 22.5 Å². The number of anilines is 4. The summed E-state index contributed by atoms with van der Waals surface area (Å²) in [5, 5.41) is 0. The van der Waals surface area contributed by atoms with Crippen molar-refractivity contribution >= 4 is 23.0 Å². The fourth-order valence-corrected chi connectivity index (χ4v) is 8.41. The van der Waals surface area contributed by atoms with E-state index in [1.54, 1.807) is 0 Å². The Morgan fingerprint density at radius 1 is 0.591 bits per heavy atom. The molecule has 0 fully saturated rings. The molecule has 2 aliphatic heterocycles. The first-order valence-corrected chi connectivity index (χ1v) is 16.2. The fraction of sp³-hybridized carbons (Fsp3) is 0.300. The van der Waals surface area contributed by atoms with Crippen molar-refractivity contribution in [3.63, 3.8) is 0 Å². The minimum atomic E-state index is -0.102. The quantitative estimate of drug-likeness (QED) is 0.201. The highest BCUT2D eigenvalue weighted by Crippen LogP contribution is 2.65. The summed E-state index contributed by atoms with van der Waals surface area (Å²) in [4.78, 5) is 16.4. The SMILES string of the molecule is CCC1(CC)c2ccccc2N2c3nc(-c4ccccc4C)c(-c4ccccc4C)nc3N(c3ccccc3)C2C1(C)CC. The van der Waals surface area contributed by atoms with E-state index in [4.69, 9.17) is 9.97 Å². The van der Waals surface area contributed by atoms with E-state index in [0.717, 1.165) is 59.1 Å². The Labute approximate surface area is 262 Å². The molecule has 2 unspecified atom stereocenters. The van der Waals surface area contributed by atoms with Crippen LogP contribution < -0.4 is 9.80 Å². The molecule has 4 nitrogen and oxygen atoms in total. The highest BCUT2D eigenvalue weighted by molar-refractivity contribution is 5.92. The molecule has 0 amide bonds. The summed E-state index contributed by atoms with van der Waals surface area (Å²) < 4.78 is 0. The van der Waals surface area contributed by atoms with E-state index in [9.17, 15) is 0 Å². The highest BCUT2D eigenvalue weighted by Gasteiger charge is 2.62. The first-order valence-electron chi connectivity index (χ1n) is 16.2. The van der Waals surface area contributed by atoms with Crippen LogP contribution in [0.1, 0.15) is 63.6 Å². The lowest BCUT2D eigenvalue weighted by molar-refractivity contribution is 0.0772. The summed E-state index contributed by atoms with van der Waals surface area (Å²) in [6.45, 7) is 14.0. The average molecular weight is 579 g/mol. The smallest absolute Gasteiger partial charge is 0.179 e. The molecule has 7 rings (SSSR count). The third kappa shape index (κ3) is 3.83. The second-order valence-electron chi connectivity index (χ2n) is 12.7. The Morgan fingerprint density at radius 2 is 1.09 bits per heavy atom. The minimum absolute atomic E-state index is 0.00766. The number of para-hydroxylation sites is 2. The zero-order chi connectivity index (χ0) is 30.6. The first kappa shape index (κ1) is 28.3. The number of fused-ring (bicyclic) bond motifs is 5. The van der Waals surface area contributed by atoms with Crippen molar-refractivity contribution in [2.45, 2.75) is 72.4 Å². The largest absolute Gasteiger partial charge is 0.301 e. The summed E-state index contributed by atoms with van der Waals surface area (Å²) >= 11 is 0. The van der Waals surface area contributed by atoms with Gasteiger partial charge in [-0.15, -0.1) is 0 Å². The fourth-order valence-electron chi connectivity index (χ4n) is 8.41. The van der Waals surface area contributed by atoms with Crippen LogP contribution in [-0.2, 0) is 5.41 Å². The number of benzene rings is 4. The van der Waals surface area contributed by atoms with Gasteiger partial charge < -0.3 is 9.80 Å². The maximum atomic E-state index is 5.68. The Bertz CT molecular complexity index is 1840. The monoisotopic (exact) mass is 578 g/mol. The number of hydrogen-bond donors (Lipinski definition) is 0. The average Bonchev–Trinajstić information content (AvgIpc) is 3.41. The molecule has 44 heavy (non-hydrogen) atoms. The molecular weight excluding hydrogens is 536 g/mol. The highest BCUT2D eigenvalue weighted by atomic mass is 15.5. The van der Waals surface area contributed by atoms with E-state index in [1.807, 2.05) is 0 Å². The molecular formula is C40H42N4. The van der Waals surface area contributed by atoms with E-state index in [0.29, 0.717) is 0 Å². The van der Waals surface area contributed by atoms with Gasteiger partial charge in [-0.05, 0) is 68.0 Å². The van der Waals surface area contributed by atoms with Gasteiger partial charge in [-0.25, -0.2) is 9.97 Å². The van der Waals surface area contributed by atoms with E-state index in [-0.39, 0.29) is 17.0 Å². The van der Waals surface area contributed by atoms with Gasteiger partial charge in [0.1, 0.15) is 6.17 Å². The number of hydrogen-bond acceptors (Lipinski definition) is 4. The Hall–Kier alpha value is -4.44. The van der Waals surface area contributed by atoms with Crippen molar-refractivity contribution in [1.29, 1.82) is 0 Å². The number of aryl methyl sites for hydroxylation is 2. The topological polar surface area (TPSA) is 32.3 Å². The van der Waals surface area contributed by atoms with Gasteiger partial charge in [0, 0.05) is 33.3 Å². The number of nitrogens with zero attached hydrogens (tertiary/aromatic N) is 4. The minimum Gasteiger partial charge on any atom is -0.301 e. The van der Waals surface area contributed by atoms with Crippen LogP contribution >= 0.6 is 0 Å². The lowest BCUT2D eigenvalue weighted by atomic mass is 9.53. The molecule has 2 atom stereocenters. The lowest BCUT2D eigenvalue weighted by Gasteiger charge is -2.59. The van der Waals surface area contributed by atoms with Gasteiger partial charge in [-0.2, -0.15) is 0 Å². The molecule has 1 aromatic heterocycles. The van der Waals surface area contributed by atoms with E-state index in [1.165, 1.54) is 22.4 Å². The summed E-state index contributed by atoms with van der Waals surface area (Å²) in [5.74, 6) is 1.86. The zero-order valence-corrected chi connectivity index (χ0v) is 26.8. The zero-order valence-electron chi connectivity index (χ0n) is 26.8. The third-order valence-corrected chi connectivity index (χ3v) is 10.9. The van der Waals surface area contributed by atoms with Gasteiger partial charge in [0.05, 0.1) is 11.4 Å². The summed E-state index contributed by atoms with van der Waals surface area (Å²) in [7, 11) is 0. The Morgan fingerprint density at radius 3 is 1.64 bits per heavy atom. The van der Waals surface area contributed by atoms with Gasteiger partial charge in [-0.1, -0.05) is 113 Å². The molecule has 5 aromatic rings. The van der Waals surface area contributed by atoms with Crippen LogP contribution in [-0.4, -0.2) is 16.1 Å². The second-order valence-corrected chi connectivity index (χ2v) is 12.7. The molecule has 0 spiro atoms. The predicted molar refractivity (Wildman–Crippen MR) is 184 cm³/mol. The molecule has 0 saturated heterocycles. The van der Waals surface area contributed by atoms with Crippen molar-refractivity contribution in [2.75, 3.05) is 9.80 Å². The van der Waals surface area contributed by atoms with E-state index < -0.39 is 0 Å². The predicted octanol–water partition coefficient (Wildman–Crippen LogP) is 10.5. The molecule has 3 heterocycles. The Kier molecular flexibility index (Phi) is 6.84. The van der Waals surface area contributed by atoms with E-state index in [2.05, 4.69) is 154 Å². The van der Waals surface area contributed by atoms with Crippen molar-refractivity contribution in [1.82, 2.24) is 9.97 Å². The summed E-state index contributed by atoms with van der Waals surface area (Å²) in [6.07, 6.45) is 3.17. The van der Waals surface area contributed by atoms with Crippen LogP contribution in [0.15, 0.2) is 103 Å². The Balaban J connectivity index is 1.62. The van der Waals surface area contributed by atoms with Crippen LogP contribution in [0.3, 0.4) is 0 Å². The van der Waals surface area contributed by atoms with Crippen LogP contribution in [0.4, 0.5) is 23.0 Å². The van der Waals surface area contributed by atoms with Crippen molar-refractivity contribution in [3.8, 4) is 22.5 Å². The molecule has 0 saturated carbocycles. The molecule has 2 aliphatic rings. The molecule has 0 radical (unpaired) electrons. The maximum absolute atomic E-state index is 5.68. The summed E-state index contributed by atoms with van der Waals surface area (Å²) in [5.41, 5.74) is 10.2. The van der Waals surface area contributed by atoms with Gasteiger partial charge in [-0.3, -0.25) is 0 Å². The van der Waals surface area contributed by atoms with Gasteiger partial charge in [0.15, 0.2) is 11.6 Å². The van der Waals surface area contributed by atoms with Gasteiger partial charge in [0.2, 0.25) is 0 Å². The summed E-state index contributed by atoms with van der Waals surface area (Å²) in [6, 6.07) is 37.1. The third-order valence-electron chi connectivity index (χ3n) is 10.9. The standard InChI is InChI=1S/C40H42N4/c1-7-39(6)38-43(29-21-11-10-12-22-29)36-37(44(38)33-26-18-17-25-32(33)40(39,8-2)9-3)42-35(31-24-16-14-20-28(31)5)34(41-36)30-23-15-13-19-27(30)4/h10-26,38H,7-9H2,1-6H3. The van der Waals surface area contributed by atoms with Gasteiger partial charge >= 0.3 is 0 Å². The van der Waals surface area contributed by atoms with Crippen molar-refractivity contribution < 1.29 is 0 Å². The van der Waals surface area contributed by atoms with Crippen LogP contribution in [0, 0.1) is 19.3 Å². The van der Waals surface area contributed by atoms with Gasteiger partial charge in [0.25, 0.3) is 0 Å². The van der Waals surface area contributed by atoms with Crippen molar-refractivity contribution in [3.05, 3.63) is 120 Å². The van der Waals surface area contributed by atoms with Crippen LogP contribution in [0.5, 0.6) is 0 Å². The second kappa shape index (κ2) is 10.6. The number of rotatable bonds is 6.